The van der Waals surface area contributed by atoms with Crippen LogP contribution >= 0.6 is 0 Å². The van der Waals surface area contributed by atoms with Gasteiger partial charge in [-0.05, 0) is 27.7 Å². The Morgan fingerprint density at radius 1 is 1.31 bits per heavy atom. The SMILES string of the molecule is CC1(C)CN(C/C=C/C(=O)O)CC(C)(C)O1. The van der Waals surface area contributed by atoms with E-state index in [1.54, 1.807) is 6.08 Å². The second kappa shape index (κ2) is 4.55. The van der Waals surface area contributed by atoms with E-state index in [1.165, 1.54) is 6.08 Å². The summed E-state index contributed by atoms with van der Waals surface area (Å²) < 4.78 is 5.94. The molecule has 0 aromatic heterocycles. The standard InChI is InChI=1S/C12H21NO3/c1-11(2)8-13(7-5-6-10(14)15)9-12(3,4)16-11/h5-6H,7-9H2,1-4H3,(H,14,15)/b6-5+. The zero-order chi connectivity index (χ0) is 12.4. The molecule has 0 amide bonds. The Morgan fingerprint density at radius 2 is 1.81 bits per heavy atom. The molecule has 1 aliphatic heterocycles. The minimum Gasteiger partial charge on any atom is -0.478 e. The minimum absolute atomic E-state index is 0.182. The first kappa shape index (κ1) is 13.2. The second-order valence-electron chi connectivity index (χ2n) is 5.53. The van der Waals surface area contributed by atoms with Crippen molar-refractivity contribution in [3.05, 3.63) is 12.2 Å². The highest BCUT2D eigenvalue weighted by molar-refractivity contribution is 5.79. The molecule has 0 aliphatic carbocycles. The fourth-order valence-corrected chi connectivity index (χ4v) is 2.38. The maximum absolute atomic E-state index is 10.4. The van der Waals surface area contributed by atoms with Crippen molar-refractivity contribution >= 4 is 5.97 Å². The van der Waals surface area contributed by atoms with Crippen LogP contribution in [-0.2, 0) is 9.53 Å². The van der Waals surface area contributed by atoms with E-state index in [0.717, 1.165) is 13.1 Å². The molecule has 4 nitrogen and oxygen atoms in total. The maximum Gasteiger partial charge on any atom is 0.328 e. The van der Waals surface area contributed by atoms with Gasteiger partial charge in [-0.25, -0.2) is 4.79 Å². The van der Waals surface area contributed by atoms with Crippen LogP contribution in [0.15, 0.2) is 12.2 Å². The summed E-state index contributed by atoms with van der Waals surface area (Å²) in [6.45, 7) is 10.5. The summed E-state index contributed by atoms with van der Waals surface area (Å²) >= 11 is 0. The molecule has 0 saturated carbocycles. The van der Waals surface area contributed by atoms with Crippen molar-refractivity contribution in [2.75, 3.05) is 19.6 Å². The molecule has 1 saturated heterocycles. The lowest BCUT2D eigenvalue weighted by molar-refractivity contribution is -0.178. The number of carboxylic acids is 1. The molecule has 1 heterocycles. The molecule has 0 bridgehead atoms. The quantitative estimate of drug-likeness (QED) is 0.743. The van der Waals surface area contributed by atoms with Gasteiger partial charge >= 0.3 is 5.97 Å². The van der Waals surface area contributed by atoms with Crippen LogP contribution in [0.25, 0.3) is 0 Å². The highest BCUT2D eigenvalue weighted by atomic mass is 16.5. The summed E-state index contributed by atoms with van der Waals surface area (Å²) in [6, 6.07) is 0. The van der Waals surface area contributed by atoms with E-state index >= 15 is 0 Å². The molecule has 1 aliphatic rings. The molecular formula is C12H21NO3. The Labute approximate surface area is 96.9 Å². The van der Waals surface area contributed by atoms with Gasteiger partial charge in [0.1, 0.15) is 0 Å². The van der Waals surface area contributed by atoms with E-state index < -0.39 is 5.97 Å². The third-order valence-electron chi connectivity index (χ3n) is 2.39. The fourth-order valence-electron chi connectivity index (χ4n) is 2.38. The molecule has 1 rings (SSSR count). The van der Waals surface area contributed by atoms with Gasteiger partial charge in [-0.15, -0.1) is 0 Å². The van der Waals surface area contributed by atoms with E-state index in [-0.39, 0.29) is 11.2 Å². The summed E-state index contributed by atoms with van der Waals surface area (Å²) in [5.74, 6) is -0.897. The van der Waals surface area contributed by atoms with Crippen LogP contribution in [-0.4, -0.2) is 46.8 Å². The van der Waals surface area contributed by atoms with Crippen molar-refractivity contribution in [2.24, 2.45) is 0 Å². The Hall–Kier alpha value is -0.870. The predicted octanol–water partition coefficient (Wildman–Crippen LogP) is 1.52. The highest BCUT2D eigenvalue weighted by Gasteiger charge is 2.37. The Morgan fingerprint density at radius 3 is 2.25 bits per heavy atom. The molecule has 4 heteroatoms. The van der Waals surface area contributed by atoms with Crippen LogP contribution < -0.4 is 0 Å². The molecule has 0 unspecified atom stereocenters. The third kappa shape index (κ3) is 4.33. The summed E-state index contributed by atoms with van der Waals surface area (Å²) in [4.78, 5) is 12.6. The van der Waals surface area contributed by atoms with Crippen LogP contribution in [0.3, 0.4) is 0 Å². The number of nitrogens with zero attached hydrogens (tertiary/aromatic N) is 1. The molecule has 92 valence electrons. The van der Waals surface area contributed by atoms with E-state index in [2.05, 4.69) is 32.6 Å². The Balaban J connectivity index is 2.57. The summed E-state index contributed by atoms with van der Waals surface area (Å²) in [5.41, 5.74) is -0.363. The number of rotatable bonds is 3. The third-order valence-corrected chi connectivity index (χ3v) is 2.39. The first-order valence-corrected chi connectivity index (χ1v) is 5.52. The van der Waals surface area contributed by atoms with Gasteiger partial charge in [0.05, 0.1) is 11.2 Å². The molecule has 0 spiro atoms. The van der Waals surface area contributed by atoms with Gasteiger partial charge in [-0.1, -0.05) is 6.08 Å². The highest BCUT2D eigenvalue weighted by Crippen LogP contribution is 2.27. The fraction of sp³-hybridized carbons (Fsp3) is 0.750. The van der Waals surface area contributed by atoms with Crippen molar-refractivity contribution in [2.45, 2.75) is 38.9 Å². The number of hydrogen-bond donors (Lipinski definition) is 1. The summed E-state index contributed by atoms with van der Waals surface area (Å²) in [7, 11) is 0. The molecular weight excluding hydrogens is 206 g/mol. The normalized spacial score (nSPS) is 24.8. The zero-order valence-electron chi connectivity index (χ0n) is 10.5. The van der Waals surface area contributed by atoms with E-state index in [4.69, 9.17) is 9.84 Å². The lowest BCUT2D eigenvalue weighted by atomic mass is 9.99. The second-order valence-corrected chi connectivity index (χ2v) is 5.53. The predicted molar refractivity (Wildman–Crippen MR) is 62.5 cm³/mol. The largest absolute Gasteiger partial charge is 0.478 e. The van der Waals surface area contributed by atoms with Gasteiger partial charge in [0.15, 0.2) is 0 Å². The van der Waals surface area contributed by atoms with Crippen molar-refractivity contribution in [1.82, 2.24) is 4.90 Å². The molecule has 0 atom stereocenters. The molecule has 0 aromatic carbocycles. The maximum atomic E-state index is 10.4. The first-order valence-electron chi connectivity index (χ1n) is 5.52. The number of hydrogen-bond acceptors (Lipinski definition) is 3. The van der Waals surface area contributed by atoms with Crippen LogP contribution in [0.2, 0.25) is 0 Å². The minimum atomic E-state index is -0.897. The van der Waals surface area contributed by atoms with Gasteiger partial charge < -0.3 is 9.84 Å². The Kier molecular flexibility index (Phi) is 3.76. The monoisotopic (exact) mass is 227 g/mol. The van der Waals surface area contributed by atoms with Crippen LogP contribution in [0.1, 0.15) is 27.7 Å². The lowest BCUT2D eigenvalue weighted by Crippen LogP contribution is -2.57. The van der Waals surface area contributed by atoms with Crippen LogP contribution in [0, 0.1) is 0 Å². The van der Waals surface area contributed by atoms with Gasteiger partial charge in [-0.2, -0.15) is 0 Å². The van der Waals surface area contributed by atoms with Crippen LogP contribution in [0.4, 0.5) is 0 Å². The average molecular weight is 227 g/mol. The van der Waals surface area contributed by atoms with Gasteiger partial charge in [0.2, 0.25) is 0 Å². The lowest BCUT2D eigenvalue weighted by Gasteiger charge is -2.47. The summed E-state index contributed by atoms with van der Waals surface area (Å²) in [5, 5.41) is 8.52. The topological polar surface area (TPSA) is 49.8 Å². The van der Waals surface area contributed by atoms with Crippen LogP contribution in [0.5, 0.6) is 0 Å². The number of morpholine rings is 1. The van der Waals surface area contributed by atoms with Crippen molar-refractivity contribution in [3.8, 4) is 0 Å². The smallest absolute Gasteiger partial charge is 0.328 e. The number of ether oxygens (including phenoxy) is 1. The molecule has 0 radical (unpaired) electrons. The average Bonchev–Trinajstić information content (AvgIpc) is 1.96. The van der Waals surface area contributed by atoms with E-state index in [9.17, 15) is 4.79 Å². The van der Waals surface area contributed by atoms with Gasteiger partial charge in [-0.3, -0.25) is 4.90 Å². The number of carbonyl (C=O) groups is 1. The first-order chi connectivity index (χ1) is 7.20. The van der Waals surface area contributed by atoms with E-state index in [0.29, 0.717) is 6.54 Å². The Bertz CT molecular complexity index is 279. The van der Waals surface area contributed by atoms with Crippen molar-refractivity contribution < 1.29 is 14.6 Å². The van der Waals surface area contributed by atoms with Gasteiger partial charge in [0.25, 0.3) is 0 Å². The van der Waals surface area contributed by atoms with Crippen molar-refractivity contribution in [3.63, 3.8) is 0 Å². The molecule has 0 aromatic rings. The van der Waals surface area contributed by atoms with E-state index in [1.807, 2.05) is 0 Å². The summed E-state index contributed by atoms with van der Waals surface area (Å²) in [6.07, 6.45) is 2.87. The zero-order valence-corrected chi connectivity index (χ0v) is 10.5. The number of aliphatic carboxylic acids is 1. The molecule has 1 N–H and O–H groups in total. The van der Waals surface area contributed by atoms with Gasteiger partial charge in [0, 0.05) is 25.7 Å². The molecule has 16 heavy (non-hydrogen) atoms. The number of carboxylic acid groups (broad SMARTS) is 1. The van der Waals surface area contributed by atoms with Crippen molar-refractivity contribution in [1.29, 1.82) is 0 Å². The molecule has 1 fully saturated rings.